The Labute approximate surface area is 193 Å². The third-order valence-electron chi connectivity index (χ3n) is 5.71. The minimum absolute atomic E-state index is 0.0682. The molecule has 5 N–H and O–H groups in total. The molecule has 0 aliphatic heterocycles. The van der Waals surface area contributed by atoms with Crippen molar-refractivity contribution in [2.24, 2.45) is 0 Å². The topological polar surface area (TPSA) is 145 Å². The number of aliphatic hydroxyl groups is 5. The Kier molecular flexibility index (Phi) is 18.8. The van der Waals surface area contributed by atoms with Gasteiger partial charge in [-0.3, -0.25) is 9.59 Å². The zero-order valence-electron chi connectivity index (χ0n) is 19.8. The first kappa shape index (κ1) is 30.9. The summed E-state index contributed by atoms with van der Waals surface area (Å²) in [5, 5.41) is 47.1. The fraction of sp³-hybridized carbons (Fsp3) is 0.917. The molecule has 0 heterocycles. The minimum atomic E-state index is -3.09. The van der Waals surface area contributed by atoms with Crippen LogP contribution in [0.4, 0.5) is 0 Å². The molecule has 0 saturated heterocycles. The fourth-order valence-corrected chi connectivity index (χ4v) is 3.59. The molecule has 0 bridgehead atoms. The minimum Gasteiger partial charge on any atom is -0.422 e. The van der Waals surface area contributed by atoms with Crippen molar-refractivity contribution < 1.29 is 39.9 Å². The van der Waals surface area contributed by atoms with Crippen LogP contribution in [0.3, 0.4) is 0 Å². The number of carbonyl (C=O) groups excluding carboxylic acids is 2. The van der Waals surface area contributed by atoms with Crippen molar-refractivity contribution in [2.75, 3.05) is 13.2 Å². The van der Waals surface area contributed by atoms with E-state index in [1.165, 1.54) is 64.2 Å². The largest absolute Gasteiger partial charge is 0.422 e. The summed E-state index contributed by atoms with van der Waals surface area (Å²) in [5.74, 6) is -5.50. The summed E-state index contributed by atoms with van der Waals surface area (Å²) in [5.41, 5.74) is 0. The van der Waals surface area contributed by atoms with Crippen molar-refractivity contribution in [1.29, 1.82) is 0 Å². The van der Waals surface area contributed by atoms with E-state index in [4.69, 9.17) is 10.2 Å². The fourth-order valence-electron chi connectivity index (χ4n) is 3.59. The van der Waals surface area contributed by atoms with Gasteiger partial charge in [0.15, 0.2) is 0 Å². The van der Waals surface area contributed by atoms with Gasteiger partial charge in [-0.25, -0.2) is 0 Å². The number of Topliss-reactive ketones (excluding diaryl/α,β-unsaturated/α-hetero) is 1. The van der Waals surface area contributed by atoms with Crippen LogP contribution in [0.1, 0.15) is 110 Å². The van der Waals surface area contributed by atoms with Crippen LogP contribution in [-0.2, 0) is 14.3 Å². The average molecular weight is 463 g/mol. The summed E-state index contributed by atoms with van der Waals surface area (Å²) in [6.07, 6.45) is 13.5. The van der Waals surface area contributed by atoms with Crippen LogP contribution in [0.15, 0.2) is 0 Å². The highest BCUT2D eigenvalue weighted by Crippen LogP contribution is 2.19. The Morgan fingerprint density at radius 2 is 1.12 bits per heavy atom. The van der Waals surface area contributed by atoms with E-state index in [-0.39, 0.29) is 6.42 Å². The van der Waals surface area contributed by atoms with E-state index in [2.05, 4.69) is 11.7 Å². The Balaban J connectivity index is 3.84. The molecule has 0 aromatic heterocycles. The van der Waals surface area contributed by atoms with E-state index < -0.39 is 43.0 Å². The second kappa shape index (κ2) is 19.4. The molecule has 0 rings (SSSR count). The average Bonchev–Trinajstić information content (AvgIpc) is 2.79. The number of ketones is 1. The van der Waals surface area contributed by atoms with Gasteiger partial charge in [-0.2, -0.15) is 0 Å². The molecule has 0 aromatic carbocycles. The second-order valence-corrected chi connectivity index (χ2v) is 8.63. The van der Waals surface area contributed by atoms with Gasteiger partial charge in [0.2, 0.25) is 5.78 Å². The third-order valence-corrected chi connectivity index (χ3v) is 5.71. The number of hydrogen-bond acceptors (Lipinski definition) is 8. The van der Waals surface area contributed by atoms with Crippen LogP contribution < -0.4 is 0 Å². The number of rotatable bonds is 22. The van der Waals surface area contributed by atoms with Crippen molar-refractivity contribution in [3.63, 3.8) is 0 Å². The quantitative estimate of drug-likeness (QED) is 0.0938. The summed E-state index contributed by atoms with van der Waals surface area (Å²) in [4.78, 5) is 23.9. The van der Waals surface area contributed by atoms with Crippen molar-refractivity contribution in [2.45, 2.75) is 128 Å². The SMILES string of the molecule is CCCCCCCCCCCCCCCCCC(=O)OC(O)(C(=O)C(O)CO)C(O)CO. The number of aliphatic hydroxyl groups excluding tert-OH is 4. The lowest BCUT2D eigenvalue weighted by atomic mass is 10.0. The van der Waals surface area contributed by atoms with Crippen molar-refractivity contribution in [3.8, 4) is 0 Å². The number of unbranched alkanes of at least 4 members (excludes halogenated alkanes) is 14. The second-order valence-electron chi connectivity index (χ2n) is 8.63. The molecule has 0 aliphatic carbocycles. The molecule has 32 heavy (non-hydrogen) atoms. The Hall–Kier alpha value is -1.06. The molecule has 3 unspecified atom stereocenters. The van der Waals surface area contributed by atoms with Crippen LogP contribution in [0.2, 0.25) is 0 Å². The summed E-state index contributed by atoms with van der Waals surface area (Å²) >= 11 is 0. The van der Waals surface area contributed by atoms with E-state index in [1.807, 2.05) is 0 Å². The molecule has 0 aliphatic rings. The molecule has 8 heteroatoms. The maximum Gasteiger partial charge on any atom is 0.308 e. The van der Waals surface area contributed by atoms with Gasteiger partial charge in [-0.15, -0.1) is 0 Å². The predicted molar refractivity (Wildman–Crippen MR) is 122 cm³/mol. The van der Waals surface area contributed by atoms with E-state index in [0.717, 1.165) is 25.7 Å². The first-order valence-electron chi connectivity index (χ1n) is 12.4. The molecule has 8 nitrogen and oxygen atoms in total. The highest BCUT2D eigenvalue weighted by Gasteiger charge is 2.49. The summed E-state index contributed by atoms with van der Waals surface area (Å²) < 4.78 is 4.68. The maximum atomic E-state index is 12.0. The summed E-state index contributed by atoms with van der Waals surface area (Å²) in [6.45, 7) is 0.154. The van der Waals surface area contributed by atoms with Gasteiger partial charge >= 0.3 is 11.8 Å². The van der Waals surface area contributed by atoms with E-state index in [1.54, 1.807) is 0 Å². The highest BCUT2D eigenvalue weighted by molar-refractivity contribution is 5.92. The Bertz CT molecular complexity index is 485. The van der Waals surface area contributed by atoms with E-state index in [0.29, 0.717) is 6.42 Å². The lowest BCUT2D eigenvalue weighted by molar-refractivity contribution is -0.248. The Morgan fingerprint density at radius 3 is 1.50 bits per heavy atom. The molecule has 0 aromatic rings. The molecular weight excluding hydrogens is 416 g/mol. The van der Waals surface area contributed by atoms with Gasteiger partial charge in [-0.1, -0.05) is 96.8 Å². The van der Waals surface area contributed by atoms with Gasteiger partial charge in [0.25, 0.3) is 0 Å². The van der Waals surface area contributed by atoms with Gasteiger partial charge in [-0.05, 0) is 6.42 Å². The van der Waals surface area contributed by atoms with Gasteiger partial charge in [0, 0.05) is 6.42 Å². The molecule has 190 valence electrons. The Morgan fingerprint density at radius 1 is 0.719 bits per heavy atom. The molecule has 0 fully saturated rings. The molecule has 0 amide bonds. The van der Waals surface area contributed by atoms with Crippen molar-refractivity contribution >= 4 is 11.8 Å². The number of ether oxygens (including phenoxy) is 1. The molecule has 0 saturated carbocycles. The number of esters is 1. The molecule has 0 spiro atoms. The zero-order valence-corrected chi connectivity index (χ0v) is 19.8. The van der Waals surface area contributed by atoms with Crippen LogP contribution in [0.5, 0.6) is 0 Å². The molecule has 3 atom stereocenters. The van der Waals surface area contributed by atoms with E-state index in [9.17, 15) is 24.9 Å². The van der Waals surface area contributed by atoms with Crippen LogP contribution in [0, 0.1) is 0 Å². The highest BCUT2D eigenvalue weighted by atomic mass is 16.7. The third kappa shape index (κ3) is 13.5. The monoisotopic (exact) mass is 462 g/mol. The zero-order chi connectivity index (χ0) is 24.2. The van der Waals surface area contributed by atoms with Gasteiger partial charge < -0.3 is 30.3 Å². The van der Waals surface area contributed by atoms with Gasteiger partial charge in [0.1, 0.15) is 12.2 Å². The normalized spacial score (nSPS) is 15.2. The van der Waals surface area contributed by atoms with Gasteiger partial charge in [0.05, 0.1) is 13.2 Å². The first-order valence-corrected chi connectivity index (χ1v) is 12.4. The summed E-state index contributed by atoms with van der Waals surface area (Å²) in [6, 6.07) is 0. The lowest BCUT2D eigenvalue weighted by Crippen LogP contribution is -2.58. The molecular formula is C24H46O8. The number of carbonyl (C=O) groups is 2. The van der Waals surface area contributed by atoms with E-state index >= 15 is 0 Å². The summed E-state index contributed by atoms with van der Waals surface area (Å²) in [7, 11) is 0. The first-order chi connectivity index (χ1) is 15.3. The smallest absolute Gasteiger partial charge is 0.308 e. The number of hydrogen-bond donors (Lipinski definition) is 5. The standard InChI is InChI=1S/C24H46O8/c1-2-3-4-5-6-7-8-9-10-11-12-13-14-15-16-17-22(29)32-24(31,21(28)19-26)23(30)20(27)18-25/h20-21,25-28,31H,2-19H2,1H3. The van der Waals surface area contributed by atoms with Crippen molar-refractivity contribution in [1.82, 2.24) is 0 Å². The predicted octanol–water partition coefficient (Wildman–Crippen LogP) is 2.76. The van der Waals surface area contributed by atoms with Crippen LogP contribution >= 0.6 is 0 Å². The molecule has 0 radical (unpaired) electrons. The van der Waals surface area contributed by atoms with Crippen LogP contribution in [0.25, 0.3) is 0 Å². The maximum absolute atomic E-state index is 12.0. The van der Waals surface area contributed by atoms with Crippen molar-refractivity contribution in [3.05, 3.63) is 0 Å². The lowest BCUT2D eigenvalue weighted by Gasteiger charge is -2.31. The van der Waals surface area contributed by atoms with Crippen LogP contribution in [-0.4, -0.2) is 68.5 Å².